The highest BCUT2D eigenvalue weighted by Crippen LogP contribution is 2.27. The summed E-state index contributed by atoms with van der Waals surface area (Å²) >= 11 is 0. The van der Waals surface area contributed by atoms with E-state index in [-0.39, 0.29) is 12.7 Å². The summed E-state index contributed by atoms with van der Waals surface area (Å²) in [5, 5.41) is 12.0. The van der Waals surface area contributed by atoms with Crippen LogP contribution in [0.25, 0.3) is 0 Å². The highest BCUT2D eigenvalue weighted by molar-refractivity contribution is 5.83. The Morgan fingerprint density at radius 1 is 1.58 bits per heavy atom. The Bertz CT molecular complexity index is 636. The summed E-state index contributed by atoms with van der Waals surface area (Å²) in [5.74, 6) is -1.44. The Morgan fingerprint density at radius 2 is 2.33 bits per heavy atom. The molecule has 1 amide bonds. The van der Waals surface area contributed by atoms with E-state index in [0.717, 1.165) is 23.6 Å². The average Bonchev–Trinajstić information content (AvgIpc) is 2.85. The number of aromatic nitrogens is 2. The van der Waals surface area contributed by atoms with Crippen molar-refractivity contribution in [1.29, 1.82) is 0 Å². The number of halogens is 1. The van der Waals surface area contributed by atoms with Crippen LogP contribution in [0.1, 0.15) is 45.8 Å². The number of hydrogen-bond donors (Lipinski definition) is 2. The van der Waals surface area contributed by atoms with Crippen molar-refractivity contribution in [2.75, 3.05) is 11.9 Å². The fourth-order valence-electron chi connectivity index (χ4n) is 2.46. The number of anilines is 1. The number of amides is 1. The molecule has 2 heterocycles. The molecule has 1 fully saturated rings. The molecule has 0 radical (unpaired) electrons. The van der Waals surface area contributed by atoms with Crippen LogP contribution >= 0.6 is 0 Å². The lowest BCUT2D eigenvalue weighted by atomic mass is 10.2. The second-order valence-corrected chi connectivity index (χ2v) is 5.74. The molecule has 1 saturated heterocycles. The van der Waals surface area contributed by atoms with Crippen LogP contribution < -0.4 is 11.0 Å². The minimum absolute atomic E-state index is 0.207. The molecular weight excluding hydrogens is 321 g/mol. The van der Waals surface area contributed by atoms with Crippen LogP contribution in [0.4, 0.5) is 15.0 Å². The topological polar surface area (TPSA) is 103 Å². The van der Waals surface area contributed by atoms with E-state index in [1.165, 1.54) is 0 Å². The fourth-order valence-corrected chi connectivity index (χ4v) is 2.46. The maximum atomic E-state index is 14.1. The number of aliphatic hydroxyl groups excluding tert-OH is 1. The molecule has 9 heteroatoms. The summed E-state index contributed by atoms with van der Waals surface area (Å²) in [7, 11) is 0. The van der Waals surface area contributed by atoms with Gasteiger partial charge in [-0.3, -0.25) is 9.88 Å². The van der Waals surface area contributed by atoms with Gasteiger partial charge in [0.15, 0.2) is 17.9 Å². The molecular formula is C15H22FN3O5. The van der Waals surface area contributed by atoms with Crippen molar-refractivity contribution in [1.82, 2.24) is 9.55 Å². The second kappa shape index (κ2) is 8.20. The third-order valence-electron chi connectivity index (χ3n) is 3.66. The number of rotatable bonds is 6. The van der Waals surface area contributed by atoms with Gasteiger partial charge >= 0.3 is 11.8 Å². The maximum Gasteiger partial charge on any atom is 0.412 e. The van der Waals surface area contributed by atoms with Gasteiger partial charge in [0.05, 0.1) is 18.9 Å². The zero-order valence-electron chi connectivity index (χ0n) is 13.7. The Balaban J connectivity index is 2.04. The number of aliphatic hydroxyl groups is 1. The van der Waals surface area contributed by atoms with Crippen molar-refractivity contribution in [2.45, 2.75) is 58.0 Å². The molecule has 0 spiro atoms. The monoisotopic (exact) mass is 343 g/mol. The Hall–Kier alpha value is -2.00. The average molecular weight is 343 g/mol. The zero-order chi connectivity index (χ0) is 17.7. The van der Waals surface area contributed by atoms with Gasteiger partial charge in [-0.05, 0) is 13.3 Å². The number of carbonyl (C=O) groups excluding carboxylic acids is 1. The molecule has 2 rings (SSSR count). The lowest BCUT2D eigenvalue weighted by molar-refractivity contribution is -0.0352. The summed E-state index contributed by atoms with van der Waals surface area (Å²) in [6, 6.07) is 0. The minimum Gasteiger partial charge on any atom is -0.449 e. The summed E-state index contributed by atoms with van der Waals surface area (Å²) in [5.41, 5.74) is -0.837. The van der Waals surface area contributed by atoms with E-state index in [1.54, 1.807) is 6.92 Å². The van der Waals surface area contributed by atoms with Crippen LogP contribution in [-0.2, 0) is 9.47 Å². The predicted molar refractivity (Wildman–Crippen MR) is 83.2 cm³/mol. The molecule has 0 aromatic carbocycles. The van der Waals surface area contributed by atoms with Crippen LogP contribution in [0.15, 0.2) is 11.0 Å². The van der Waals surface area contributed by atoms with E-state index >= 15 is 0 Å². The van der Waals surface area contributed by atoms with Gasteiger partial charge in [0.2, 0.25) is 0 Å². The Morgan fingerprint density at radius 3 is 2.96 bits per heavy atom. The number of unbranched alkanes of at least 4 members (excludes halogenated alkanes) is 2. The van der Waals surface area contributed by atoms with E-state index in [0.29, 0.717) is 12.8 Å². The maximum absolute atomic E-state index is 14.1. The number of carbonyl (C=O) groups is 1. The third-order valence-corrected chi connectivity index (χ3v) is 3.66. The quantitative estimate of drug-likeness (QED) is 0.764. The van der Waals surface area contributed by atoms with E-state index in [1.807, 2.05) is 6.92 Å². The van der Waals surface area contributed by atoms with Crippen LogP contribution in [-0.4, -0.2) is 39.6 Å². The summed E-state index contributed by atoms with van der Waals surface area (Å²) in [4.78, 5) is 27.1. The number of hydrogen-bond acceptors (Lipinski definition) is 6. The van der Waals surface area contributed by atoms with E-state index in [2.05, 4.69) is 10.3 Å². The van der Waals surface area contributed by atoms with Crippen molar-refractivity contribution in [2.24, 2.45) is 0 Å². The molecule has 8 nitrogen and oxygen atoms in total. The summed E-state index contributed by atoms with van der Waals surface area (Å²) < 4.78 is 25.2. The van der Waals surface area contributed by atoms with Crippen molar-refractivity contribution in [3.8, 4) is 0 Å². The molecule has 1 unspecified atom stereocenters. The van der Waals surface area contributed by atoms with Crippen molar-refractivity contribution in [3.63, 3.8) is 0 Å². The predicted octanol–water partition coefficient (Wildman–Crippen LogP) is 1.79. The summed E-state index contributed by atoms with van der Waals surface area (Å²) in [6.45, 7) is 3.96. The van der Waals surface area contributed by atoms with Gasteiger partial charge in [-0.15, -0.1) is 0 Å². The molecule has 1 aromatic heterocycles. The van der Waals surface area contributed by atoms with Gasteiger partial charge in [-0.2, -0.15) is 4.98 Å². The molecule has 1 aromatic rings. The van der Waals surface area contributed by atoms with Crippen LogP contribution in [0, 0.1) is 5.82 Å². The van der Waals surface area contributed by atoms with Crippen LogP contribution in [0.2, 0.25) is 0 Å². The molecule has 2 N–H and O–H groups in total. The number of nitrogens with one attached hydrogen (secondary N) is 1. The molecule has 1 aliphatic rings. The zero-order valence-corrected chi connectivity index (χ0v) is 13.7. The largest absolute Gasteiger partial charge is 0.449 e. The van der Waals surface area contributed by atoms with Crippen LogP contribution in [0.3, 0.4) is 0 Å². The minimum atomic E-state index is -0.996. The fraction of sp³-hybridized carbons (Fsp3) is 0.667. The number of ether oxygens (including phenoxy) is 2. The van der Waals surface area contributed by atoms with E-state index < -0.39 is 35.7 Å². The van der Waals surface area contributed by atoms with Gasteiger partial charge in [-0.25, -0.2) is 14.0 Å². The first-order valence-corrected chi connectivity index (χ1v) is 7.98. The Kier molecular flexibility index (Phi) is 6.27. The third kappa shape index (κ3) is 4.51. The first-order valence-electron chi connectivity index (χ1n) is 7.98. The standard InChI is InChI=1S/C15H22FN3O5/c1-3-4-5-6-23-15(22)18-12-10(16)8-19(14(21)17-12)13-11(20)7-9(2)24-13/h8-9,11,13,20H,3-7H2,1-2H3,(H,17,18,21,22)/t9-,11-,13?/m1/s1. The van der Waals surface area contributed by atoms with Gasteiger partial charge < -0.3 is 14.6 Å². The molecule has 0 bridgehead atoms. The molecule has 24 heavy (non-hydrogen) atoms. The summed E-state index contributed by atoms with van der Waals surface area (Å²) in [6.07, 6.45) is 0.736. The van der Waals surface area contributed by atoms with Crippen LogP contribution in [0.5, 0.6) is 0 Å². The first-order chi connectivity index (χ1) is 11.4. The highest BCUT2D eigenvalue weighted by Gasteiger charge is 2.34. The number of nitrogens with zero attached hydrogens (tertiary/aromatic N) is 2. The van der Waals surface area contributed by atoms with Crippen molar-refractivity contribution < 1.29 is 23.8 Å². The van der Waals surface area contributed by atoms with E-state index in [4.69, 9.17) is 9.47 Å². The molecule has 134 valence electrons. The second-order valence-electron chi connectivity index (χ2n) is 5.74. The Labute approximate surface area is 138 Å². The smallest absolute Gasteiger partial charge is 0.412 e. The van der Waals surface area contributed by atoms with Gasteiger partial charge in [0, 0.05) is 6.42 Å². The van der Waals surface area contributed by atoms with Gasteiger partial charge in [-0.1, -0.05) is 19.8 Å². The molecule has 1 aliphatic heterocycles. The molecule has 0 aliphatic carbocycles. The SMILES string of the molecule is CCCCCOC(=O)Nc1nc(=O)n(C2O[C@H](C)C[C@H]2O)cc1F. The van der Waals surface area contributed by atoms with Crippen molar-refractivity contribution >= 4 is 11.9 Å². The van der Waals surface area contributed by atoms with Gasteiger partial charge in [0.1, 0.15) is 6.10 Å². The van der Waals surface area contributed by atoms with Gasteiger partial charge in [0.25, 0.3) is 0 Å². The lowest BCUT2D eigenvalue weighted by Gasteiger charge is -2.17. The highest BCUT2D eigenvalue weighted by atomic mass is 19.1. The molecule has 0 saturated carbocycles. The normalized spacial score (nSPS) is 23.2. The van der Waals surface area contributed by atoms with E-state index in [9.17, 15) is 19.1 Å². The molecule has 3 atom stereocenters. The first kappa shape index (κ1) is 18.3. The lowest BCUT2D eigenvalue weighted by Crippen LogP contribution is -2.33. The van der Waals surface area contributed by atoms with Crippen molar-refractivity contribution in [3.05, 3.63) is 22.5 Å².